The molecule has 0 aliphatic rings. The molecule has 2 aromatic carbocycles. The molecule has 0 spiro atoms. The standard InChI is InChI=1S/C18H10F12O4/c19-13(20,9-1-5-11(31)6-2-9)15(23,24)33-17(27,28)18(29,30)34-16(25,26)14(21,22)10-3-7-12(32)8-4-10/h1-8,31-32H. The molecule has 16 heteroatoms. The molecule has 0 heterocycles. The van der Waals surface area contributed by atoms with Gasteiger partial charge >= 0.3 is 36.3 Å². The Morgan fingerprint density at radius 3 is 0.882 bits per heavy atom. The number of hydrogen-bond acceptors (Lipinski definition) is 4. The van der Waals surface area contributed by atoms with Gasteiger partial charge in [0.1, 0.15) is 11.5 Å². The Morgan fingerprint density at radius 2 is 0.647 bits per heavy atom. The third-order valence-electron chi connectivity index (χ3n) is 4.04. The van der Waals surface area contributed by atoms with Crippen LogP contribution in [0.1, 0.15) is 11.1 Å². The van der Waals surface area contributed by atoms with Crippen LogP contribution in [0.3, 0.4) is 0 Å². The molecule has 2 rings (SSSR count). The average molecular weight is 518 g/mol. The van der Waals surface area contributed by atoms with Crippen LogP contribution in [0.15, 0.2) is 48.5 Å². The van der Waals surface area contributed by atoms with Crippen molar-refractivity contribution in [3.8, 4) is 11.5 Å². The van der Waals surface area contributed by atoms with Gasteiger partial charge in [-0.2, -0.15) is 52.7 Å². The number of alkyl halides is 12. The third kappa shape index (κ3) is 4.96. The van der Waals surface area contributed by atoms with E-state index in [9.17, 15) is 52.7 Å². The van der Waals surface area contributed by atoms with Gasteiger partial charge in [-0.25, -0.2) is 9.47 Å². The summed E-state index contributed by atoms with van der Waals surface area (Å²) in [5.74, 6) is -13.1. The lowest BCUT2D eigenvalue weighted by molar-refractivity contribution is -0.542. The van der Waals surface area contributed by atoms with Crippen molar-refractivity contribution < 1.29 is 72.4 Å². The van der Waals surface area contributed by atoms with Gasteiger partial charge in [0.05, 0.1) is 0 Å². The highest BCUT2D eigenvalue weighted by atomic mass is 19.4. The Bertz CT molecular complexity index is 909. The molecule has 0 bridgehead atoms. The molecule has 4 nitrogen and oxygen atoms in total. The van der Waals surface area contributed by atoms with E-state index in [1.165, 1.54) is 0 Å². The minimum atomic E-state index is -7.01. The fourth-order valence-corrected chi connectivity index (χ4v) is 2.25. The van der Waals surface area contributed by atoms with Gasteiger partial charge < -0.3 is 10.2 Å². The lowest BCUT2D eigenvalue weighted by Crippen LogP contribution is -2.57. The van der Waals surface area contributed by atoms with Crippen LogP contribution < -0.4 is 0 Å². The summed E-state index contributed by atoms with van der Waals surface area (Å²) in [6.07, 6.45) is -27.1. The summed E-state index contributed by atoms with van der Waals surface area (Å²) < 4.78 is 169. The summed E-state index contributed by atoms with van der Waals surface area (Å²) in [7, 11) is 0. The summed E-state index contributed by atoms with van der Waals surface area (Å²) in [5, 5.41) is 17.9. The van der Waals surface area contributed by atoms with Crippen molar-refractivity contribution in [2.75, 3.05) is 0 Å². The van der Waals surface area contributed by atoms with Crippen molar-refractivity contribution in [2.45, 2.75) is 36.3 Å². The van der Waals surface area contributed by atoms with Gasteiger partial charge in [0.15, 0.2) is 0 Å². The number of phenols is 2. The van der Waals surface area contributed by atoms with E-state index in [1.54, 1.807) is 0 Å². The van der Waals surface area contributed by atoms with Gasteiger partial charge in [-0.15, -0.1) is 0 Å². The van der Waals surface area contributed by atoms with Crippen LogP contribution in [-0.4, -0.2) is 34.6 Å². The number of rotatable bonds is 9. The van der Waals surface area contributed by atoms with E-state index in [-0.39, 0.29) is 24.3 Å². The molecule has 0 aliphatic carbocycles. The van der Waals surface area contributed by atoms with Crippen molar-refractivity contribution >= 4 is 0 Å². The van der Waals surface area contributed by atoms with E-state index >= 15 is 0 Å². The van der Waals surface area contributed by atoms with Gasteiger partial charge in [0.2, 0.25) is 0 Å². The molecule has 0 unspecified atom stereocenters. The molecule has 0 aliphatic heterocycles. The van der Waals surface area contributed by atoms with Crippen LogP contribution >= 0.6 is 0 Å². The quantitative estimate of drug-likeness (QED) is 0.378. The largest absolute Gasteiger partial charge is 0.508 e. The maximum absolute atomic E-state index is 13.9. The first-order valence-corrected chi connectivity index (χ1v) is 8.42. The van der Waals surface area contributed by atoms with Gasteiger partial charge in [-0.1, -0.05) is 0 Å². The molecule has 0 saturated carbocycles. The van der Waals surface area contributed by atoms with E-state index in [0.29, 0.717) is 24.3 Å². The zero-order valence-corrected chi connectivity index (χ0v) is 15.9. The summed E-state index contributed by atoms with van der Waals surface area (Å²) in [4.78, 5) is 0. The zero-order chi connectivity index (χ0) is 26.4. The molecule has 0 amide bonds. The van der Waals surface area contributed by atoms with Gasteiger partial charge in [-0.05, 0) is 48.5 Å². The Hall–Kier alpha value is -2.88. The first-order chi connectivity index (χ1) is 15.2. The summed E-state index contributed by atoms with van der Waals surface area (Å²) in [6.45, 7) is 0. The van der Waals surface area contributed by atoms with E-state index in [2.05, 4.69) is 9.47 Å². The Labute approximate surface area is 180 Å². The molecular weight excluding hydrogens is 508 g/mol. The number of ether oxygens (including phenoxy) is 2. The van der Waals surface area contributed by atoms with Crippen LogP contribution in [0.5, 0.6) is 11.5 Å². The number of halogens is 12. The zero-order valence-electron chi connectivity index (χ0n) is 15.9. The summed E-state index contributed by atoms with van der Waals surface area (Å²) in [5.41, 5.74) is -3.67. The topological polar surface area (TPSA) is 58.9 Å². The van der Waals surface area contributed by atoms with Crippen molar-refractivity contribution in [2.24, 2.45) is 0 Å². The third-order valence-corrected chi connectivity index (χ3v) is 4.04. The van der Waals surface area contributed by atoms with E-state index in [4.69, 9.17) is 10.2 Å². The second-order valence-electron chi connectivity index (χ2n) is 6.51. The van der Waals surface area contributed by atoms with E-state index in [0.717, 1.165) is 0 Å². The smallest absolute Gasteiger partial charge is 0.453 e. The second kappa shape index (κ2) is 8.41. The number of benzene rings is 2. The Morgan fingerprint density at radius 1 is 0.412 bits per heavy atom. The number of phenolic OH excluding ortho intramolecular Hbond substituents is 2. The van der Waals surface area contributed by atoms with E-state index < -0.39 is 58.9 Å². The highest BCUT2D eigenvalue weighted by molar-refractivity contribution is 5.30. The average Bonchev–Trinajstić information content (AvgIpc) is 2.66. The number of hydrogen-bond donors (Lipinski definition) is 2. The van der Waals surface area contributed by atoms with Crippen molar-refractivity contribution in [1.82, 2.24) is 0 Å². The molecule has 2 N–H and O–H groups in total. The normalized spacial score (nSPS) is 14.4. The van der Waals surface area contributed by atoms with Crippen LogP contribution in [0.2, 0.25) is 0 Å². The van der Waals surface area contributed by atoms with Crippen LogP contribution in [0.4, 0.5) is 52.7 Å². The highest BCUT2D eigenvalue weighted by Crippen LogP contribution is 2.53. The maximum Gasteiger partial charge on any atom is 0.453 e. The van der Waals surface area contributed by atoms with Gasteiger partial charge in [-0.3, -0.25) is 0 Å². The molecule has 34 heavy (non-hydrogen) atoms. The fourth-order valence-electron chi connectivity index (χ4n) is 2.25. The van der Waals surface area contributed by atoms with Crippen LogP contribution in [-0.2, 0) is 21.3 Å². The maximum atomic E-state index is 13.9. The molecule has 0 fully saturated rings. The summed E-state index contributed by atoms with van der Waals surface area (Å²) in [6, 6.07) is 1.86. The minimum Gasteiger partial charge on any atom is -0.508 e. The molecule has 190 valence electrons. The molecule has 0 atom stereocenters. The number of aromatic hydroxyl groups is 2. The van der Waals surface area contributed by atoms with Gasteiger partial charge in [0.25, 0.3) is 0 Å². The Kier molecular flexibility index (Phi) is 6.77. The first-order valence-electron chi connectivity index (χ1n) is 8.42. The lowest BCUT2D eigenvalue weighted by Gasteiger charge is -2.35. The molecule has 2 aromatic rings. The SMILES string of the molecule is Oc1ccc(C(F)(F)C(F)(F)OC(F)(F)C(F)(F)OC(F)(F)C(F)(F)c2ccc(O)cc2)cc1. The van der Waals surface area contributed by atoms with Crippen molar-refractivity contribution in [1.29, 1.82) is 0 Å². The van der Waals surface area contributed by atoms with Crippen LogP contribution in [0.25, 0.3) is 0 Å². The summed E-state index contributed by atoms with van der Waals surface area (Å²) >= 11 is 0. The van der Waals surface area contributed by atoms with Crippen molar-refractivity contribution in [3.05, 3.63) is 59.7 Å². The molecule has 0 radical (unpaired) electrons. The molecular formula is C18H10F12O4. The minimum absolute atomic E-state index is 0.0751. The second-order valence-corrected chi connectivity index (χ2v) is 6.51. The monoisotopic (exact) mass is 518 g/mol. The van der Waals surface area contributed by atoms with Crippen LogP contribution in [0, 0.1) is 0 Å². The predicted molar refractivity (Wildman–Crippen MR) is 86.0 cm³/mol. The predicted octanol–water partition coefficient (Wildman–Crippen LogP) is 6.39. The highest BCUT2D eigenvalue weighted by Gasteiger charge is 2.74. The van der Waals surface area contributed by atoms with E-state index in [1.807, 2.05) is 0 Å². The Balaban J connectivity index is 2.32. The lowest BCUT2D eigenvalue weighted by atomic mass is 10.1. The molecule has 0 aromatic heterocycles. The van der Waals surface area contributed by atoms with Gasteiger partial charge in [0, 0.05) is 11.1 Å². The van der Waals surface area contributed by atoms with Crippen molar-refractivity contribution in [3.63, 3.8) is 0 Å². The first kappa shape index (κ1) is 27.4. The fraction of sp³-hybridized carbons (Fsp3) is 0.333. The molecule has 0 saturated heterocycles.